The zero-order valence-electron chi connectivity index (χ0n) is 15.2. The van der Waals surface area contributed by atoms with Crippen LogP contribution in [0.1, 0.15) is 24.5 Å². The number of fused-ring (bicyclic) bond motifs is 1. The molecule has 4 nitrogen and oxygen atoms in total. The molecule has 27 heavy (non-hydrogen) atoms. The number of hydrogen-bond acceptors (Lipinski definition) is 2. The average molecular weight is 380 g/mol. The molecule has 2 atom stereocenters. The summed E-state index contributed by atoms with van der Waals surface area (Å²) < 4.78 is 40.0. The van der Waals surface area contributed by atoms with Crippen LogP contribution in [0.2, 0.25) is 0 Å². The lowest BCUT2D eigenvalue weighted by atomic mass is 9.83. The number of hydrogen-bond donors (Lipinski definition) is 1. The van der Waals surface area contributed by atoms with Crippen LogP contribution in [0.15, 0.2) is 36.9 Å². The molecule has 1 aromatic carbocycles. The van der Waals surface area contributed by atoms with Gasteiger partial charge in [0.2, 0.25) is 11.8 Å². The van der Waals surface area contributed by atoms with Crippen molar-refractivity contribution in [2.75, 3.05) is 13.1 Å². The van der Waals surface area contributed by atoms with Crippen molar-refractivity contribution in [3.63, 3.8) is 0 Å². The largest absolute Gasteiger partial charge is 0.393 e. The van der Waals surface area contributed by atoms with E-state index in [1.807, 2.05) is 31.2 Å². The van der Waals surface area contributed by atoms with Crippen LogP contribution < -0.4 is 5.32 Å². The number of piperidine rings is 1. The number of rotatable bonds is 3. The summed E-state index contributed by atoms with van der Waals surface area (Å²) in [5.74, 6) is -2.49. The third-order valence-electron chi connectivity index (χ3n) is 5.63. The van der Waals surface area contributed by atoms with Crippen molar-refractivity contribution < 1.29 is 22.8 Å². The minimum atomic E-state index is -4.43. The SMILES string of the molecule is C=CC(=O)NC1CN(C(=O)C2(C)Cc3ccccc3C2)CCC1C(F)(F)F. The van der Waals surface area contributed by atoms with E-state index >= 15 is 0 Å². The lowest BCUT2D eigenvalue weighted by molar-refractivity contribution is -0.195. The molecule has 1 N–H and O–H groups in total. The molecule has 0 saturated carbocycles. The Morgan fingerprint density at radius 2 is 1.85 bits per heavy atom. The topological polar surface area (TPSA) is 49.4 Å². The predicted octanol–water partition coefficient (Wildman–Crippen LogP) is 2.87. The molecule has 1 saturated heterocycles. The number of likely N-dealkylation sites (tertiary alicyclic amines) is 1. The second-order valence-electron chi connectivity index (χ2n) is 7.69. The molecule has 1 aliphatic heterocycles. The highest BCUT2D eigenvalue weighted by molar-refractivity contribution is 5.87. The molecule has 1 aromatic rings. The quantitative estimate of drug-likeness (QED) is 0.820. The number of alkyl halides is 3. The van der Waals surface area contributed by atoms with E-state index in [0.717, 1.165) is 17.2 Å². The highest BCUT2D eigenvalue weighted by atomic mass is 19.4. The van der Waals surface area contributed by atoms with E-state index in [2.05, 4.69) is 11.9 Å². The predicted molar refractivity (Wildman–Crippen MR) is 94.8 cm³/mol. The van der Waals surface area contributed by atoms with Gasteiger partial charge in [-0.2, -0.15) is 13.2 Å². The Labute approximate surface area is 156 Å². The van der Waals surface area contributed by atoms with Gasteiger partial charge in [0.25, 0.3) is 0 Å². The summed E-state index contributed by atoms with van der Waals surface area (Å²) in [4.78, 5) is 26.2. The average Bonchev–Trinajstić information content (AvgIpc) is 2.97. The molecule has 1 aliphatic carbocycles. The Morgan fingerprint density at radius 3 is 2.37 bits per heavy atom. The summed E-state index contributed by atoms with van der Waals surface area (Å²) in [5.41, 5.74) is 1.55. The number of amides is 2. The molecule has 3 rings (SSSR count). The highest BCUT2D eigenvalue weighted by Crippen LogP contribution is 2.40. The van der Waals surface area contributed by atoms with Crippen LogP contribution in [0, 0.1) is 11.3 Å². The van der Waals surface area contributed by atoms with Gasteiger partial charge in [0.1, 0.15) is 0 Å². The Balaban J connectivity index is 1.76. The number of benzene rings is 1. The van der Waals surface area contributed by atoms with Crippen molar-refractivity contribution in [2.24, 2.45) is 11.3 Å². The molecule has 0 bridgehead atoms. The second kappa shape index (κ2) is 7.02. The molecule has 7 heteroatoms. The number of halogens is 3. The lowest BCUT2D eigenvalue weighted by Crippen LogP contribution is -2.59. The van der Waals surface area contributed by atoms with Crippen LogP contribution in [0.5, 0.6) is 0 Å². The van der Waals surface area contributed by atoms with Crippen LogP contribution in [0.25, 0.3) is 0 Å². The zero-order valence-corrected chi connectivity index (χ0v) is 15.2. The molecule has 2 aliphatic rings. The van der Waals surface area contributed by atoms with Crippen LogP contribution in [0.4, 0.5) is 13.2 Å². The first-order chi connectivity index (χ1) is 12.6. The molecule has 0 spiro atoms. The number of carbonyl (C=O) groups excluding carboxylic acids is 2. The van der Waals surface area contributed by atoms with Gasteiger partial charge in [-0.15, -0.1) is 0 Å². The lowest BCUT2D eigenvalue weighted by Gasteiger charge is -2.42. The van der Waals surface area contributed by atoms with E-state index in [4.69, 9.17) is 0 Å². The van der Waals surface area contributed by atoms with E-state index in [0.29, 0.717) is 12.8 Å². The van der Waals surface area contributed by atoms with Crippen molar-refractivity contribution in [1.29, 1.82) is 0 Å². The van der Waals surface area contributed by atoms with E-state index in [1.165, 1.54) is 4.90 Å². The smallest absolute Gasteiger partial charge is 0.347 e. The zero-order chi connectivity index (χ0) is 19.8. The maximum absolute atomic E-state index is 13.3. The van der Waals surface area contributed by atoms with E-state index in [9.17, 15) is 22.8 Å². The van der Waals surface area contributed by atoms with Gasteiger partial charge in [0, 0.05) is 13.1 Å². The van der Waals surface area contributed by atoms with E-state index < -0.39 is 29.5 Å². The fraction of sp³-hybridized carbons (Fsp3) is 0.500. The van der Waals surface area contributed by atoms with Gasteiger partial charge in [0.15, 0.2) is 0 Å². The fourth-order valence-electron chi connectivity index (χ4n) is 4.25. The molecular formula is C20H23F3N2O2. The van der Waals surface area contributed by atoms with Crippen LogP contribution in [0.3, 0.4) is 0 Å². The highest BCUT2D eigenvalue weighted by Gasteiger charge is 2.50. The van der Waals surface area contributed by atoms with Crippen molar-refractivity contribution in [1.82, 2.24) is 10.2 Å². The summed E-state index contributed by atoms with van der Waals surface area (Å²) in [5, 5.41) is 2.36. The summed E-state index contributed by atoms with van der Waals surface area (Å²) in [7, 11) is 0. The summed E-state index contributed by atoms with van der Waals surface area (Å²) in [6, 6.07) is 6.64. The van der Waals surface area contributed by atoms with Crippen molar-refractivity contribution in [3.8, 4) is 0 Å². The van der Waals surface area contributed by atoms with Crippen molar-refractivity contribution >= 4 is 11.8 Å². The second-order valence-corrected chi connectivity index (χ2v) is 7.69. The maximum atomic E-state index is 13.3. The number of carbonyl (C=O) groups is 2. The van der Waals surface area contributed by atoms with Crippen molar-refractivity contribution in [2.45, 2.75) is 38.4 Å². The monoisotopic (exact) mass is 380 g/mol. The van der Waals surface area contributed by atoms with Crippen LogP contribution in [-0.2, 0) is 22.4 Å². The van der Waals surface area contributed by atoms with Gasteiger partial charge in [-0.3, -0.25) is 9.59 Å². The van der Waals surface area contributed by atoms with Gasteiger partial charge in [-0.1, -0.05) is 37.8 Å². The first-order valence-corrected chi connectivity index (χ1v) is 9.00. The molecule has 1 heterocycles. The minimum Gasteiger partial charge on any atom is -0.347 e. The molecule has 0 radical (unpaired) electrons. The van der Waals surface area contributed by atoms with Gasteiger partial charge >= 0.3 is 6.18 Å². The number of nitrogens with zero attached hydrogens (tertiary/aromatic N) is 1. The number of nitrogens with one attached hydrogen (secondary N) is 1. The van der Waals surface area contributed by atoms with Gasteiger partial charge < -0.3 is 10.2 Å². The first kappa shape index (κ1) is 19.5. The molecule has 0 aromatic heterocycles. The molecule has 1 fully saturated rings. The Kier molecular flexibility index (Phi) is 5.06. The molecular weight excluding hydrogens is 357 g/mol. The standard InChI is InChI=1S/C20H23F3N2O2/c1-3-17(26)24-16-12-25(9-8-15(16)20(21,22)23)18(27)19(2)10-13-6-4-5-7-14(13)11-19/h3-7,15-16H,1,8-12H2,2H3,(H,24,26). The summed E-state index contributed by atoms with van der Waals surface area (Å²) >= 11 is 0. The Hall–Kier alpha value is -2.31. The summed E-state index contributed by atoms with van der Waals surface area (Å²) in [6.07, 6.45) is -2.55. The Morgan fingerprint density at radius 1 is 1.26 bits per heavy atom. The minimum absolute atomic E-state index is 0.0371. The van der Waals surface area contributed by atoms with Crippen LogP contribution >= 0.6 is 0 Å². The first-order valence-electron chi connectivity index (χ1n) is 9.00. The third kappa shape index (κ3) is 3.87. The third-order valence-corrected chi connectivity index (χ3v) is 5.63. The van der Waals surface area contributed by atoms with Crippen LogP contribution in [-0.4, -0.2) is 42.0 Å². The van der Waals surface area contributed by atoms with Gasteiger partial charge in [0.05, 0.1) is 17.4 Å². The molecule has 146 valence electrons. The Bertz CT molecular complexity index is 735. The normalized spacial score (nSPS) is 24.2. The molecule has 2 unspecified atom stereocenters. The molecule has 2 amide bonds. The van der Waals surface area contributed by atoms with E-state index in [-0.39, 0.29) is 25.4 Å². The summed E-state index contributed by atoms with van der Waals surface area (Å²) in [6.45, 7) is 5.05. The van der Waals surface area contributed by atoms with Gasteiger partial charge in [-0.25, -0.2) is 0 Å². The van der Waals surface area contributed by atoms with E-state index in [1.54, 1.807) is 0 Å². The maximum Gasteiger partial charge on any atom is 0.393 e. The van der Waals surface area contributed by atoms with Crippen molar-refractivity contribution in [3.05, 3.63) is 48.0 Å². The fourth-order valence-corrected chi connectivity index (χ4v) is 4.25. The van der Waals surface area contributed by atoms with Gasteiger partial charge in [-0.05, 0) is 36.5 Å².